The van der Waals surface area contributed by atoms with Crippen molar-refractivity contribution in [2.75, 3.05) is 6.61 Å². The van der Waals surface area contributed by atoms with Gasteiger partial charge in [-0.25, -0.2) is 13.1 Å². The van der Waals surface area contributed by atoms with E-state index >= 15 is 0 Å². The average molecular weight is 349 g/mol. The van der Waals surface area contributed by atoms with Crippen LogP contribution in [0.15, 0.2) is 29.2 Å². The summed E-state index contributed by atoms with van der Waals surface area (Å²) in [6.45, 7) is 2.45. The zero-order valence-corrected chi connectivity index (χ0v) is 14.9. The summed E-state index contributed by atoms with van der Waals surface area (Å²) in [7, 11) is -1.73. The number of fused-ring (bicyclic) bond motifs is 1. The maximum Gasteiger partial charge on any atom is 0.244 e. The molecule has 3 rings (SSSR count). The molecule has 130 valence electrons. The molecule has 2 aromatic rings. The zero-order chi connectivity index (χ0) is 17.2. The molecule has 1 aromatic heterocycles. The topological polar surface area (TPSA) is 73.2 Å². The van der Waals surface area contributed by atoms with Crippen LogP contribution in [0.4, 0.5) is 0 Å². The molecule has 7 heteroatoms. The fraction of sp³-hybridized carbons (Fsp3) is 0.471. The molecular formula is C17H23N3O3S. The van der Waals surface area contributed by atoms with E-state index in [2.05, 4.69) is 9.82 Å². The zero-order valence-electron chi connectivity index (χ0n) is 14.1. The molecule has 0 amide bonds. The Morgan fingerprint density at radius 3 is 2.79 bits per heavy atom. The Morgan fingerprint density at radius 1 is 1.25 bits per heavy atom. The van der Waals surface area contributed by atoms with Crippen LogP contribution in [0.1, 0.15) is 36.7 Å². The smallest absolute Gasteiger partial charge is 0.244 e. The predicted octanol–water partition coefficient (Wildman–Crippen LogP) is 2.18. The molecule has 0 aliphatic heterocycles. The van der Waals surface area contributed by atoms with Crippen molar-refractivity contribution in [3.05, 3.63) is 41.2 Å². The summed E-state index contributed by atoms with van der Waals surface area (Å²) in [6, 6.07) is 6.68. The molecule has 1 N–H and O–H groups in total. The summed E-state index contributed by atoms with van der Waals surface area (Å²) < 4.78 is 35.3. The summed E-state index contributed by atoms with van der Waals surface area (Å²) >= 11 is 0. The molecule has 1 aliphatic carbocycles. The maximum absolute atomic E-state index is 12.7. The SMILES string of the molecule is CCOc1ccccc1S(=O)(=O)NCc1nn(C)c2c1CCCC2. The van der Waals surface area contributed by atoms with E-state index in [1.54, 1.807) is 24.3 Å². The number of hydrogen-bond donors (Lipinski definition) is 1. The molecule has 1 aliphatic rings. The van der Waals surface area contributed by atoms with Gasteiger partial charge in [0.15, 0.2) is 0 Å². The van der Waals surface area contributed by atoms with Crippen molar-refractivity contribution in [1.29, 1.82) is 0 Å². The van der Waals surface area contributed by atoms with E-state index in [0.29, 0.717) is 12.4 Å². The summed E-state index contributed by atoms with van der Waals surface area (Å²) in [5.41, 5.74) is 3.25. The molecule has 1 heterocycles. The standard InChI is InChI=1S/C17H23N3O3S/c1-3-23-16-10-6-7-11-17(16)24(21,22)18-12-14-13-8-4-5-9-15(13)20(2)19-14/h6-7,10-11,18H,3-5,8-9,12H2,1-2H3. The number of nitrogens with zero attached hydrogens (tertiary/aromatic N) is 2. The lowest BCUT2D eigenvalue weighted by molar-refractivity contribution is 0.331. The number of hydrogen-bond acceptors (Lipinski definition) is 4. The van der Waals surface area contributed by atoms with E-state index in [0.717, 1.165) is 25.0 Å². The van der Waals surface area contributed by atoms with Crippen LogP contribution in [-0.2, 0) is 36.5 Å². The highest BCUT2D eigenvalue weighted by molar-refractivity contribution is 7.89. The van der Waals surface area contributed by atoms with Crippen molar-refractivity contribution in [2.45, 2.75) is 44.0 Å². The van der Waals surface area contributed by atoms with Gasteiger partial charge in [-0.15, -0.1) is 0 Å². The van der Waals surface area contributed by atoms with Gasteiger partial charge < -0.3 is 4.74 Å². The quantitative estimate of drug-likeness (QED) is 0.867. The van der Waals surface area contributed by atoms with Crippen molar-refractivity contribution in [3.63, 3.8) is 0 Å². The third-order valence-corrected chi connectivity index (χ3v) is 5.76. The van der Waals surface area contributed by atoms with Crippen LogP contribution in [0.2, 0.25) is 0 Å². The highest BCUT2D eigenvalue weighted by Gasteiger charge is 2.23. The van der Waals surface area contributed by atoms with E-state index < -0.39 is 10.0 Å². The Kier molecular flexibility index (Phi) is 4.91. The largest absolute Gasteiger partial charge is 0.492 e. The van der Waals surface area contributed by atoms with Gasteiger partial charge in [0, 0.05) is 12.7 Å². The molecule has 6 nitrogen and oxygen atoms in total. The Morgan fingerprint density at radius 2 is 2.00 bits per heavy atom. The normalized spacial score (nSPS) is 14.4. The minimum atomic E-state index is -3.65. The highest BCUT2D eigenvalue weighted by atomic mass is 32.2. The fourth-order valence-electron chi connectivity index (χ4n) is 3.19. The first-order valence-corrected chi connectivity index (χ1v) is 9.76. The number of benzene rings is 1. The van der Waals surface area contributed by atoms with Crippen molar-refractivity contribution < 1.29 is 13.2 Å². The summed E-state index contributed by atoms with van der Waals surface area (Å²) in [6.07, 6.45) is 4.28. The van der Waals surface area contributed by atoms with Gasteiger partial charge in [0.25, 0.3) is 0 Å². The molecular weight excluding hydrogens is 326 g/mol. The van der Waals surface area contributed by atoms with E-state index in [4.69, 9.17) is 4.74 Å². The molecule has 0 saturated carbocycles. The van der Waals surface area contributed by atoms with E-state index in [1.807, 2.05) is 18.7 Å². The number of ether oxygens (including phenoxy) is 1. The molecule has 0 bridgehead atoms. The maximum atomic E-state index is 12.7. The van der Waals surface area contributed by atoms with Gasteiger partial charge in [-0.2, -0.15) is 5.10 Å². The third-order valence-electron chi connectivity index (χ3n) is 4.32. The number of nitrogens with one attached hydrogen (secondary N) is 1. The molecule has 24 heavy (non-hydrogen) atoms. The minimum absolute atomic E-state index is 0.164. The van der Waals surface area contributed by atoms with E-state index in [1.165, 1.54) is 17.7 Å². The first-order chi connectivity index (χ1) is 11.5. The van der Waals surface area contributed by atoms with E-state index in [9.17, 15) is 8.42 Å². The first kappa shape index (κ1) is 17.0. The van der Waals surface area contributed by atoms with Gasteiger partial charge >= 0.3 is 0 Å². The molecule has 0 spiro atoms. The van der Waals surface area contributed by atoms with Gasteiger partial charge in [0.2, 0.25) is 10.0 Å². The second kappa shape index (κ2) is 6.94. The van der Waals surface area contributed by atoms with Gasteiger partial charge in [0.1, 0.15) is 10.6 Å². The van der Waals surface area contributed by atoms with Gasteiger partial charge in [0.05, 0.1) is 18.8 Å². The van der Waals surface area contributed by atoms with Crippen molar-refractivity contribution in [2.24, 2.45) is 7.05 Å². The lowest BCUT2D eigenvalue weighted by atomic mass is 9.96. The van der Waals surface area contributed by atoms with Gasteiger partial charge in [-0.05, 0) is 50.3 Å². The summed E-state index contributed by atoms with van der Waals surface area (Å²) in [4.78, 5) is 0.164. The monoisotopic (exact) mass is 349 g/mol. The van der Waals surface area contributed by atoms with Gasteiger partial charge in [-0.3, -0.25) is 4.68 Å². The number of aryl methyl sites for hydroxylation is 1. The first-order valence-electron chi connectivity index (χ1n) is 8.28. The molecule has 0 saturated heterocycles. The molecule has 0 unspecified atom stereocenters. The molecule has 0 atom stereocenters. The lowest BCUT2D eigenvalue weighted by Gasteiger charge is -2.13. The Bertz CT molecular complexity index is 828. The third kappa shape index (κ3) is 3.32. The van der Waals surface area contributed by atoms with Crippen molar-refractivity contribution in [3.8, 4) is 5.75 Å². The Hall–Kier alpha value is -1.86. The van der Waals surface area contributed by atoms with Gasteiger partial charge in [-0.1, -0.05) is 12.1 Å². The Balaban J connectivity index is 1.82. The summed E-state index contributed by atoms with van der Waals surface area (Å²) in [5.74, 6) is 0.371. The van der Waals surface area contributed by atoms with Crippen LogP contribution in [-0.4, -0.2) is 24.8 Å². The number of rotatable bonds is 6. The average Bonchev–Trinajstić information content (AvgIpc) is 2.91. The van der Waals surface area contributed by atoms with Crippen LogP contribution in [0, 0.1) is 0 Å². The fourth-order valence-corrected chi connectivity index (χ4v) is 4.32. The summed E-state index contributed by atoms with van der Waals surface area (Å²) in [5, 5.41) is 4.51. The molecule has 0 fully saturated rings. The number of para-hydroxylation sites is 1. The minimum Gasteiger partial charge on any atom is -0.492 e. The second-order valence-corrected chi connectivity index (χ2v) is 7.64. The number of sulfonamides is 1. The second-order valence-electron chi connectivity index (χ2n) is 5.91. The van der Waals surface area contributed by atoms with Crippen molar-refractivity contribution in [1.82, 2.24) is 14.5 Å². The highest BCUT2D eigenvalue weighted by Crippen LogP contribution is 2.26. The van der Waals surface area contributed by atoms with Crippen LogP contribution in [0.5, 0.6) is 5.75 Å². The van der Waals surface area contributed by atoms with Crippen LogP contribution >= 0.6 is 0 Å². The van der Waals surface area contributed by atoms with Crippen LogP contribution in [0.25, 0.3) is 0 Å². The molecule has 1 aromatic carbocycles. The van der Waals surface area contributed by atoms with Crippen LogP contribution < -0.4 is 9.46 Å². The van der Waals surface area contributed by atoms with Crippen molar-refractivity contribution >= 4 is 10.0 Å². The molecule has 0 radical (unpaired) electrons. The Labute approximate surface area is 142 Å². The van der Waals surface area contributed by atoms with E-state index in [-0.39, 0.29) is 11.4 Å². The van der Waals surface area contributed by atoms with Crippen LogP contribution in [0.3, 0.4) is 0 Å². The lowest BCUT2D eigenvalue weighted by Crippen LogP contribution is -2.24. The predicted molar refractivity (Wildman–Crippen MR) is 91.5 cm³/mol. The number of aromatic nitrogens is 2.